The van der Waals surface area contributed by atoms with Crippen LogP contribution in [0.25, 0.3) is 11.1 Å². The molecule has 168 valence electrons. The lowest BCUT2D eigenvalue weighted by Gasteiger charge is -2.36. The molecule has 0 bridgehead atoms. The number of rotatable bonds is 5. The number of hydrogen-bond donors (Lipinski definition) is 1. The maximum Gasteiger partial charge on any atom is 0.304 e. The van der Waals surface area contributed by atoms with Gasteiger partial charge in [0, 0.05) is 18.2 Å². The number of fused-ring (bicyclic) bond motifs is 3. The van der Waals surface area contributed by atoms with E-state index in [1.807, 2.05) is 31.3 Å². The van der Waals surface area contributed by atoms with Crippen LogP contribution < -0.4 is 10.4 Å². The fourth-order valence-corrected chi connectivity index (χ4v) is 4.92. The van der Waals surface area contributed by atoms with Gasteiger partial charge in [0.1, 0.15) is 6.54 Å². The van der Waals surface area contributed by atoms with Gasteiger partial charge in [-0.25, -0.2) is 0 Å². The molecule has 0 saturated carbocycles. The smallest absolute Gasteiger partial charge is 0.304 e. The van der Waals surface area contributed by atoms with Crippen LogP contribution in [0, 0.1) is 0 Å². The van der Waals surface area contributed by atoms with Crippen molar-refractivity contribution in [1.82, 2.24) is 10.2 Å². The summed E-state index contributed by atoms with van der Waals surface area (Å²) in [6.45, 7) is 1.32. The molecule has 3 aromatic rings. The molecule has 1 aromatic heterocycles. The molecule has 33 heavy (non-hydrogen) atoms. The number of hydrogen-bond acceptors (Lipinski definition) is 6. The largest absolute Gasteiger partial charge is 0.834 e. The van der Waals surface area contributed by atoms with Crippen molar-refractivity contribution >= 4 is 17.7 Å². The summed E-state index contributed by atoms with van der Waals surface area (Å²) in [4.78, 5) is 25.8. The molecular weight excluding hydrogens is 420 g/mol. The quantitative estimate of drug-likeness (QED) is 0.472. The van der Waals surface area contributed by atoms with E-state index in [1.165, 1.54) is 6.20 Å². The Balaban J connectivity index is 1.29. The van der Waals surface area contributed by atoms with E-state index in [9.17, 15) is 14.7 Å². The molecular formula is C25H24N4O4. The number of carbonyl (C=O) groups is 2. The van der Waals surface area contributed by atoms with Crippen LogP contribution in [-0.2, 0) is 19.9 Å². The molecule has 5 rings (SSSR count). The first kappa shape index (κ1) is 21.2. The lowest BCUT2D eigenvalue weighted by atomic mass is 9.91. The third kappa shape index (κ3) is 3.77. The van der Waals surface area contributed by atoms with Gasteiger partial charge in [-0.05, 0) is 34.4 Å². The summed E-state index contributed by atoms with van der Waals surface area (Å²) in [7, 11) is 1.94. The van der Waals surface area contributed by atoms with E-state index in [2.05, 4.69) is 15.5 Å². The summed E-state index contributed by atoms with van der Waals surface area (Å²) in [5.74, 6) is -0.589. The van der Waals surface area contributed by atoms with Gasteiger partial charge in [0.2, 0.25) is 0 Å². The van der Waals surface area contributed by atoms with Crippen molar-refractivity contribution in [2.45, 2.75) is 18.1 Å². The van der Waals surface area contributed by atoms with Gasteiger partial charge in [0.25, 0.3) is 5.91 Å². The van der Waals surface area contributed by atoms with Gasteiger partial charge in [-0.3, -0.25) is 9.59 Å². The number of nitrogens with one attached hydrogen (secondary N) is 1. The molecule has 2 heterocycles. The van der Waals surface area contributed by atoms with Crippen molar-refractivity contribution in [2.75, 3.05) is 32.0 Å². The SMILES string of the molecule is C[N+]1(CC(=O)Nc2cccnn2)CC[C@@H](OC(=O)C2([O-])c3ccccc3-c3ccccc32)C1. The normalized spacial score (nSPS) is 22.3. The molecule has 1 saturated heterocycles. The van der Waals surface area contributed by atoms with E-state index < -0.39 is 17.7 Å². The van der Waals surface area contributed by atoms with Gasteiger partial charge >= 0.3 is 5.97 Å². The number of nitrogens with zero attached hydrogens (tertiary/aromatic N) is 3. The van der Waals surface area contributed by atoms with Gasteiger partial charge in [0.15, 0.2) is 18.5 Å². The Bertz CT molecular complexity index is 1170. The zero-order chi connectivity index (χ0) is 23.1. The third-order valence-corrected chi connectivity index (χ3v) is 6.46. The minimum absolute atomic E-state index is 0.191. The maximum absolute atomic E-state index is 14.0. The highest BCUT2D eigenvalue weighted by Crippen LogP contribution is 2.46. The minimum Gasteiger partial charge on any atom is -0.834 e. The highest BCUT2D eigenvalue weighted by atomic mass is 16.6. The van der Waals surface area contributed by atoms with E-state index >= 15 is 0 Å². The molecule has 0 radical (unpaired) electrons. The Morgan fingerprint density at radius 2 is 1.76 bits per heavy atom. The molecule has 8 nitrogen and oxygen atoms in total. The van der Waals surface area contributed by atoms with Crippen LogP contribution in [0.3, 0.4) is 0 Å². The molecule has 8 heteroatoms. The van der Waals surface area contributed by atoms with Crippen LogP contribution in [0.2, 0.25) is 0 Å². The number of anilines is 1. The number of carbonyl (C=O) groups excluding carboxylic acids is 2. The Morgan fingerprint density at radius 3 is 2.39 bits per heavy atom. The fourth-order valence-electron chi connectivity index (χ4n) is 4.92. The van der Waals surface area contributed by atoms with Crippen molar-refractivity contribution in [3.05, 3.63) is 78.0 Å². The van der Waals surface area contributed by atoms with Crippen molar-refractivity contribution in [3.63, 3.8) is 0 Å². The number of aromatic nitrogens is 2. The predicted octanol–water partition coefficient (Wildman–Crippen LogP) is 1.46. The lowest BCUT2D eigenvalue weighted by molar-refractivity contribution is -0.890. The number of esters is 1. The predicted molar refractivity (Wildman–Crippen MR) is 119 cm³/mol. The van der Waals surface area contributed by atoms with E-state index in [-0.39, 0.29) is 12.5 Å². The summed E-state index contributed by atoms with van der Waals surface area (Å²) in [5, 5.41) is 24.4. The summed E-state index contributed by atoms with van der Waals surface area (Å²) in [5.41, 5.74) is 0.299. The first-order valence-corrected chi connectivity index (χ1v) is 10.9. The molecule has 1 amide bonds. The summed E-state index contributed by atoms with van der Waals surface area (Å²) < 4.78 is 6.19. The molecule has 1 unspecified atom stereocenters. The Hall–Kier alpha value is -3.62. The van der Waals surface area contributed by atoms with Gasteiger partial charge in [-0.2, -0.15) is 5.10 Å². The average molecular weight is 444 g/mol. The lowest BCUT2D eigenvalue weighted by Crippen LogP contribution is -2.51. The second-order valence-corrected chi connectivity index (χ2v) is 8.93. The highest BCUT2D eigenvalue weighted by molar-refractivity contribution is 5.95. The molecule has 1 N–H and O–H groups in total. The van der Waals surface area contributed by atoms with E-state index in [0.717, 1.165) is 11.1 Å². The third-order valence-electron chi connectivity index (χ3n) is 6.46. The van der Waals surface area contributed by atoms with E-state index in [0.29, 0.717) is 40.9 Å². The second kappa shape index (κ2) is 8.06. The number of likely N-dealkylation sites (N-methyl/N-ethyl adjacent to an activating group) is 1. The van der Waals surface area contributed by atoms with Crippen LogP contribution in [0.5, 0.6) is 0 Å². The van der Waals surface area contributed by atoms with Gasteiger partial charge in [-0.1, -0.05) is 48.5 Å². The second-order valence-electron chi connectivity index (χ2n) is 8.93. The highest BCUT2D eigenvalue weighted by Gasteiger charge is 2.44. The molecule has 2 aliphatic rings. The van der Waals surface area contributed by atoms with Gasteiger partial charge in [-0.15, -0.1) is 5.10 Å². The standard InChI is InChI=1S/C25H24N4O4/c1-29(16-23(30)27-22-11-6-13-26-28-22)14-12-17(15-29)33-24(31)25(32)20-9-4-2-7-18(20)19-8-3-5-10-21(19)25/h2-11,13,17H,12,14-16H2,1H3,(H,27,28,30)/t17-,29?/m1/s1. The molecule has 1 fully saturated rings. The van der Waals surface area contributed by atoms with Crippen LogP contribution in [0.4, 0.5) is 5.82 Å². The molecule has 2 aromatic carbocycles. The van der Waals surface area contributed by atoms with Crippen molar-refractivity contribution in [1.29, 1.82) is 0 Å². The number of quaternary nitrogens is 1. The maximum atomic E-state index is 14.0. The Morgan fingerprint density at radius 1 is 1.09 bits per heavy atom. The molecule has 1 aliphatic heterocycles. The monoisotopic (exact) mass is 444 g/mol. The first-order chi connectivity index (χ1) is 15.9. The minimum atomic E-state index is -2.09. The van der Waals surface area contributed by atoms with Crippen molar-refractivity contribution < 1.29 is 23.9 Å². The zero-order valence-corrected chi connectivity index (χ0v) is 18.2. The zero-order valence-electron chi connectivity index (χ0n) is 18.2. The summed E-state index contributed by atoms with van der Waals surface area (Å²) >= 11 is 0. The molecule has 0 spiro atoms. The van der Waals surface area contributed by atoms with Gasteiger partial charge in [0.05, 0.1) is 13.6 Å². The number of amides is 1. The van der Waals surface area contributed by atoms with Crippen LogP contribution in [0.1, 0.15) is 17.5 Å². The summed E-state index contributed by atoms with van der Waals surface area (Å²) in [6, 6.07) is 17.8. The fraction of sp³-hybridized carbons (Fsp3) is 0.280. The van der Waals surface area contributed by atoms with E-state index in [4.69, 9.17) is 4.74 Å². The number of benzene rings is 2. The average Bonchev–Trinajstić information content (AvgIpc) is 3.30. The van der Waals surface area contributed by atoms with Crippen LogP contribution in [0.15, 0.2) is 66.9 Å². The van der Waals surface area contributed by atoms with Crippen molar-refractivity contribution in [2.24, 2.45) is 0 Å². The Kier molecular flexibility index (Phi) is 5.19. The molecule has 1 aliphatic carbocycles. The molecule has 2 atom stereocenters. The summed E-state index contributed by atoms with van der Waals surface area (Å²) in [6.07, 6.45) is 1.69. The van der Waals surface area contributed by atoms with Crippen LogP contribution >= 0.6 is 0 Å². The number of ether oxygens (including phenoxy) is 1. The van der Waals surface area contributed by atoms with Crippen LogP contribution in [-0.4, -0.2) is 59.3 Å². The van der Waals surface area contributed by atoms with Gasteiger partial charge < -0.3 is 19.6 Å². The topological polar surface area (TPSA) is 104 Å². The Labute approximate surface area is 191 Å². The van der Waals surface area contributed by atoms with E-state index in [1.54, 1.807) is 36.4 Å². The van der Waals surface area contributed by atoms with Crippen molar-refractivity contribution in [3.8, 4) is 11.1 Å². The first-order valence-electron chi connectivity index (χ1n) is 10.9. The number of likely N-dealkylation sites (tertiary alicyclic amines) is 1.